The summed E-state index contributed by atoms with van der Waals surface area (Å²) in [5.74, 6) is 0. The van der Waals surface area contributed by atoms with Gasteiger partial charge in [-0.15, -0.1) is 0 Å². The summed E-state index contributed by atoms with van der Waals surface area (Å²) in [5.41, 5.74) is 8.14. The fourth-order valence-corrected chi connectivity index (χ4v) is 11.9. The molecule has 0 N–H and O–H groups in total. The summed E-state index contributed by atoms with van der Waals surface area (Å²) in [5, 5.41) is 0.837. The van der Waals surface area contributed by atoms with Crippen LogP contribution in [0.5, 0.6) is 0 Å². The minimum absolute atomic E-state index is 0.0264. The summed E-state index contributed by atoms with van der Waals surface area (Å²) in [6.45, 7) is 14.9. The van der Waals surface area contributed by atoms with E-state index in [-0.39, 0.29) is 15.8 Å². The molecule has 2 aliphatic heterocycles. The highest BCUT2D eigenvalue weighted by molar-refractivity contribution is 7.60. The summed E-state index contributed by atoms with van der Waals surface area (Å²) in [7, 11) is -0.0529. The molecule has 2 aromatic rings. The Labute approximate surface area is 168 Å². The number of hydrogen-bond donors (Lipinski definition) is 0. The van der Waals surface area contributed by atoms with E-state index in [9.17, 15) is 0 Å². The molecular weight excluding hydrogens is 362 g/mol. The average Bonchev–Trinajstić information content (AvgIpc) is 3.14. The molecule has 0 nitrogen and oxygen atoms in total. The molecule has 144 valence electrons. The SMILES string of the molecule is CC(C)(C)[P@@]1Cc2ccccc2[C@H]1C[C@@H]1c2ccccc2C[P@]1C(C)(C)C. The third kappa shape index (κ3) is 3.66. The fourth-order valence-electron chi connectivity index (χ4n) is 5.06. The number of benzene rings is 2. The van der Waals surface area contributed by atoms with E-state index in [4.69, 9.17) is 0 Å². The Hall–Kier alpha value is -0.700. The van der Waals surface area contributed by atoms with Gasteiger partial charge >= 0.3 is 0 Å². The van der Waals surface area contributed by atoms with E-state index in [1.54, 1.807) is 22.3 Å². The van der Waals surface area contributed by atoms with Crippen LogP contribution in [-0.4, -0.2) is 10.3 Å². The van der Waals surface area contributed by atoms with Crippen molar-refractivity contribution in [2.24, 2.45) is 0 Å². The Morgan fingerprint density at radius 2 is 1.04 bits per heavy atom. The zero-order valence-electron chi connectivity index (χ0n) is 17.8. The van der Waals surface area contributed by atoms with Crippen LogP contribution in [0, 0.1) is 0 Å². The maximum atomic E-state index is 2.48. The topological polar surface area (TPSA) is 0 Å². The van der Waals surface area contributed by atoms with Crippen molar-refractivity contribution >= 4 is 15.8 Å². The minimum atomic E-state index is -0.0264. The van der Waals surface area contributed by atoms with E-state index in [2.05, 4.69) is 90.1 Å². The predicted molar refractivity (Wildman–Crippen MR) is 124 cm³/mol. The molecule has 0 saturated heterocycles. The van der Waals surface area contributed by atoms with Crippen LogP contribution in [0.15, 0.2) is 48.5 Å². The summed E-state index contributed by atoms with van der Waals surface area (Å²) in [6.07, 6.45) is 4.00. The number of fused-ring (bicyclic) bond motifs is 2. The van der Waals surface area contributed by atoms with E-state index < -0.39 is 0 Å². The third-order valence-electron chi connectivity index (χ3n) is 6.43. The monoisotopic (exact) mass is 396 g/mol. The molecule has 2 heterocycles. The van der Waals surface area contributed by atoms with Crippen molar-refractivity contribution in [2.45, 2.75) is 81.9 Å². The minimum Gasteiger partial charge on any atom is -0.0889 e. The number of hydrogen-bond acceptors (Lipinski definition) is 0. The van der Waals surface area contributed by atoms with Crippen LogP contribution in [0.2, 0.25) is 0 Å². The Kier molecular flexibility index (Phi) is 5.06. The lowest BCUT2D eigenvalue weighted by atomic mass is 9.98. The normalized spacial score (nSPS) is 27.5. The highest BCUT2D eigenvalue weighted by Crippen LogP contribution is 2.75. The molecule has 2 heteroatoms. The van der Waals surface area contributed by atoms with Gasteiger partial charge in [0.25, 0.3) is 0 Å². The van der Waals surface area contributed by atoms with Crippen molar-refractivity contribution in [1.29, 1.82) is 0 Å². The van der Waals surface area contributed by atoms with Crippen LogP contribution < -0.4 is 0 Å². The van der Waals surface area contributed by atoms with Gasteiger partial charge in [0.05, 0.1) is 0 Å². The molecule has 0 radical (unpaired) electrons. The summed E-state index contributed by atoms with van der Waals surface area (Å²) < 4.78 is 0. The smallest absolute Gasteiger partial charge is 0.00615 e. The first-order valence-corrected chi connectivity index (χ1v) is 13.5. The molecule has 0 saturated carbocycles. The average molecular weight is 396 g/mol. The van der Waals surface area contributed by atoms with Crippen LogP contribution in [-0.2, 0) is 12.3 Å². The quantitative estimate of drug-likeness (QED) is 0.447. The van der Waals surface area contributed by atoms with Crippen LogP contribution in [0.3, 0.4) is 0 Å². The van der Waals surface area contributed by atoms with Gasteiger partial charge in [-0.1, -0.05) is 106 Å². The van der Waals surface area contributed by atoms with Crippen LogP contribution in [0.4, 0.5) is 0 Å². The zero-order chi connectivity index (χ0) is 19.4. The van der Waals surface area contributed by atoms with Crippen molar-refractivity contribution in [3.05, 3.63) is 70.8 Å². The summed E-state index contributed by atoms with van der Waals surface area (Å²) >= 11 is 0. The highest BCUT2D eigenvalue weighted by atomic mass is 31.1. The van der Waals surface area contributed by atoms with Gasteiger partial charge in [-0.05, 0) is 51.3 Å². The van der Waals surface area contributed by atoms with E-state index in [0.717, 1.165) is 11.3 Å². The molecule has 0 fully saturated rings. The first-order chi connectivity index (χ1) is 12.7. The zero-order valence-corrected chi connectivity index (χ0v) is 19.6. The second kappa shape index (κ2) is 6.97. The third-order valence-corrected chi connectivity index (χ3v) is 13.7. The van der Waals surface area contributed by atoms with E-state index in [0.29, 0.717) is 10.3 Å². The van der Waals surface area contributed by atoms with Crippen molar-refractivity contribution in [3.63, 3.8) is 0 Å². The van der Waals surface area contributed by atoms with Crippen LogP contribution in [0.1, 0.15) is 81.5 Å². The molecule has 0 unspecified atom stereocenters. The second-order valence-corrected chi connectivity index (χ2v) is 16.7. The Morgan fingerprint density at radius 3 is 1.41 bits per heavy atom. The van der Waals surface area contributed by atoms with Gasteiger partial charge in [0.15, 0.2) is 0 Å². The van der Waals surface area contributed by atoms with Crippen molar-refractivity contribution in [2.75, 3.05) is 0 Å². The van der Waals surface area contributed by atoms with Gasteiger partial charge < -0.3 is 0 Å². The molecule has 4 atom stereocenters. The van der Waals surface area contributed by atoms with E-state index in [1.165, 1.54) is 18.7 Å². The van der Waals surface area contributed by atoms with E-state index in [1.807, 2.05) is 0 Å². The van der Waals surface area contributed by atoms with E-state index >= 15 is 0 Å². The molecule has 0 amide bonds. The molecule has 0 aliphatic carbocycles. The summed E-state index contributed by atoms with van der Waals surface area (Å²) in [4.78, 5) is 0. The van der Waals surface area contributed by atoms with Crippen molar-refractivity contribution in [3.8, 4) is 0 Å². The maximum Gasteiger partial charge on any atom is 0.00615 e. The Morgan fingerprint density at radius 1 is 0.667 bits per heavy atom. The van der Waals surface area contributed by atoms with Gasteiger partial charge in [-0.3, -0.25) is 0 Å². The lowest BCUT2D eigenvalue weighted by Gasteiger charge is -2.39. The first kappa shape index (κ1) is 19.6. The van der Waals surface area contributed by atoms with Crippen LogP contribution in [0.25, 0.3) is 0 Å². The molecule has 0 bridgehead atoms. The molecule has 0 spiro atoms. The van der Waals surface area contributed by atoms with Gasteiger partial charge in [-0.2, -0.15) is 0 Å². The fraction of sp³-hybridized carbons (Fsp3) is 0.520. The standard InChI is InChI=1S/C25H34P2/c1-24(2,3)26-16-18-11-7-9-13-20(18)22(26)15-23-21-14-10-8-12-19(21)17-27(23)25(4,5)6/h7-14,22-23H,15-17H2,1-6H3/t22-,23-,26+,27+/m1/s1. The van der Waals surface area contributed by atoms with Gasteiger partial charge in [-0.25, -0.2) is 0 Å². The molecule has 4 rings (SSSR count). The van der Waals surface area contributed by atoms with Gasteiger partial charge in [0.1, 0.15) is 0 Å². The molecule has 2 aromatic carbocycles. The van der Waals surface area contributed by atoms with Crippen molar-refractivity contribution < 1.29 is 0 Å². The Bertz CT molecular complexity index is 755. The van der Waals surface area contributed by atoms with Crippen molar-refractivity contribution in [1.82, 2.24) is 0 Å². The lowest BCUT2D eigenvalue weighted by Crippen LogP contribution is -2.17. The number of rotatable bonds is 2. The van der Waals surface area contributed by atoms with Crippen LogP contribution >= 0.6 is 15.8 Å². The Balaban J connectivity index is 1.74. The highest BCUT2D eigenvalue weighted by Gasteiger charge is 2.44. The molecular formula is C25H34P2. The molecule has 2 aliphatic rings. The lowest BCUT2D eigenvalue weighted by molar-refractivity contribution is 0.708. The second-order valence-electron chi connectivity index (χ2n) is 10.3. The van der Waals surface area contributed by atoms with Gasteiger partial charge in [0, 0.05) is 11.3 Å². The largest absolute Gasteiger partial charge is 0.0889 e. The summed E-state index contributed by atoms with van der Waals surface area (Å²) in [6, 6.07) is 18.7. The van der Waals surface area contributed by atoms with Gasteiger partial charge in [0.2, 0.25) is 0 Å². The predicted octanol–water partition coefficient (Wildman–Crippen LogP) is 8.45. The maximum absolute atomic E-state index is 2.48. The molecule has 0 aromatic heterocycles. The molecule has 27 heavy (non-hydrogen) atoms. The first-order valence-electron chi connectivity index (χ1n) is 10.4.